The summed E-state index contributed by atoms with van der Waals surface area (Å²) in [5.74, 6) is -0.795. The van der Waals surface area contributed by atoms with Crippen LogP contribution < -0.4 is 5.32 Å². The number of carbonyl (C=O) groups excluding carboxylic acids is 1. The lowest BCUT2D eigenvalue weighted by atomic mass is 9.85. The molecule has 6 heteroatoms. The molecule has 0 aliphatic heterocycles. The largest absolute Gasteiger partial charge is 0.480 e. The molecule has 1 fully saturated rings. The second kappa shape index (κ2) is 8.08. The van der Waals surface area contributed by atoms with Crippen LogP contribution in [0.1, 0.15) is 37.3 Å². The van der Waals surface area contributed by atoms with Crippen molar-refractivity contribution in [2.45, 2.75) is 57.2 Å². The Morgan fingerprint density at radius 1 is 1.19 bits per heavy atom. The first kappa shape index (κ1) is 18.7. The average Bonchev–Trinajstić information content (AvgIpc) is 2.61. The van der Waals surface area contributed by atoms with E-state index in [0.717, 1.165) is 38.6 Å². The van der Waals surface area contributed by atoms with Gasteiger partial charge in [-0.1, -0.05) is 31.2 Å². The molecule has 2 amide bonds. The molecule has 1 aromatic carbocycles. The highest BCUT2D eigenvalue weighted by molar-refractivity contribution is 5.75. The van der Waals surface area contributed by atoms with Crippen molar-refractivity contribution in [2.24, 2.45) is 0 Å². The summed E-state index contributed by atoms with van der Waals surface area (Å²) < 4.78 is 0. The van der Waals surface area contributed by atoms with Crippen LogP contribution in [0.4, 0.5) is 4.79 Å². The maximum absolute atomic E-state index is 12.6. The van der Waals surface area contributed by atoms with Crippen molar-refractivity contribution in [3.05, 3.63) is 35.4 Å². The summed E-state index contributed by atoms with van der Waals surface area (Å²) in [6, 6.07) is 9.10. The number of likely N-dealkylation sites (N-methyl/N-ethyl adjacent to an activating group) is 2. The number of urea groups is 1. The van der Waals surface area contributed by atoms with E-state index in [0.29, 0.717) is 0 Å². The number of amides is 2. The molecular weight excluding hydrogens is 330 g/mol. The SMILES string of the molecule is CCN(CC(=O)O)C1CC(NC(=O)N(C)C2CCc3ccccc3C2)C1. The quantitative estimate of drug-likeness (QED) is 0.816. The van der Waals surface area contributed by atoms with Crippen molar-refractivity contribution >= 4 is 12.0 Å². The van der Waals surface area contributed by atoms with Crippen LogP contribution in [-0.2, 0) is 17.6 Å². The number of hydrogen-bond acceptors (Lipinski definition) is 3. The maximum Gasteiger partial charge on any atom is 0.317 e. The first-order valence-corrected chi connectivity index (χ1v) is 9.53. The Bertz CT molecular complexity index is 657. The molecule has 1 aromatic rings. The van der Waals surface area contributed by atoms with Crippen LogP contribution >= 0.6 is 0 Å². The van der Waals surface area contributed by atoms with Crippen LogP contribution in [0.2, 0.25) is 0 Å². The average molecular weight is 359 g/mol. The highest BCUT2D eigenvalue weighted by Crippen LogP contribution is 2.27. The van der Waals surface area contributed by atoms with Gasteiger partial charge in [-0.2, -0.15) is 0 Å². The highest BCUT2D eigenvalue weighted by Gasteiger charge is 2.36. The molecule has 1 atom stereocenters. The van der Waals surface area contributed by atoms with E-state index in [1.54, 1.807) is 0 Å². The number of aliphatic carboxylic acids is 1. The number of hydrogen-bond donors (Lipinski definition) is 2. The Labute approximate surface area is 155 Å². The minimum atomic E-state index is -0.795. The van der Waals surface area contributed by atoms with Gasteiger partial charge in [0.15, 0.2) is 0 Å². The van der Waals surface area contributed by atoms with Gasteiger partial charge in [-0.15, -0.1) is 0 Å². The summed E-state index contributed by atoms with van der Waals surface area (Å²) in [4.78, 5) is 27.3. The number of carbonyl (C=O) groups is 2. The Balaban J connectivity index is 1.47. The lowest BCUT2D eigenvalue weighted by molar-refractivity contribution is -0.139. The van der Waals surface area contributed by atoms with Crippen molar-refractivity contribution < 1.29 is 14.7 Å². The molecule has 26 heavy (non-hydrogen) atoms. The van der Waals surface area contributed by atoms with Crippen molar-refractivity contribution in [2.75, 3.05) is 20.1 Å². The fourth-order valence-electron chi connectivity index (χ4n) is 4.13. The number of aryl methyl sites for hydroxylation is 1. The summed E-state index contributed by atoms with van der Waals surface area (Å²) in [6.45, 7) is 2.77. The van der Waals surface area contributed by atoms with E-state index in [9.17, 15) is 9.59 Å². The van der Waals surface area contributed by atoms with Crippen LogP contribution in [0, 0.1) is 0 Å². The number of carboxylic acid groups (broad SMARTS) is 1. The smallest absolute Gasteiger partial charge is 0.317 e. The second-order valence-electron chi connectivity index (χ2n) is 7.50. The van der Waals surface area contributed by atoms with E-state index in [4.69, 9.17) is 5.11 Å². The molecule has 0 saturated heterocycles. The first-order valence-electron chi connectivity index (χ1n) is 9.53. The summed E-state index contributed by atoms with van der Waals surface area (Å²) in [5, 5.41) is 12.1. The van der Waals surface area contributed by atoms with E-state index in [2.05, 4.69) is 29.6 Å². The maximum atomic E-state index is 12.6. The molecule has 1 unspecified atom stereocenters. The van der Waals surface area contributed by atoms with Crippen LogP contribution in [0.3, 0.4) is 0 Å². The molecule has 2 aliphatic rings. The summed E-state index contributed by atoms with van der Waals surface area (Å²) in [5.41, 5.74) is 2.75. The van der Waals surface area contributed by atoms with Gasteiger partial charge in [-0.3, -0.25) is 9.69 Å². The summed E-state index contributed by atoms with van der Waals surface area (Å²) >= 11 is 0. The molecule has 2 aliphatic carbocycles. The van der Waals surface area contributed by atoms with Gasteiger partial charge in [0.2, 0.25) is 0 Å². The standard InChI is InChI=1S/C20H29N3O3/c1-3-23(13-19(24)25)18-11-16(12-18)21-20(26)22(2)17-9-8-14-6-4-5-7-15(14)10-17/h4-7,16-18H,3,8-13H2,1-2H3,(H,21,26)(H,24,25). The molecule has 0 heterocycles. The van der Waals surface area contributed by atoms with E-state index in [1.807, 2.05) is 23.8 Å². The number of fused-ring (bicyclic) bond motifs is 1. The van der Waals surface area contributed by atoms with Gasteiger partial charge in [-0.05, 0) is 49.8 Å². The number of rotatable bonds is 6. The van der Waals surface area contributed by atoms with Gasteiger partial charge >= 0.3 is 12.0 Å². The fourth-order valence-corrected chi connectivity index (χ4v) is 4.13. The van der Waals surface area contributed by atoms with Gasteiger partial charge in [0, 0.05) is 25.2 Å². The van der Waals surface area contributed by atoms with Gasteiger partial charge < -0.3 is 15.3 Å². The second-order valence-corrected chi connectivity index (χ2v) is 7.50. The van der Waals surface area contributed by atoms with Crippen LogP contribution in [-0.4, -0.2) is 65.2 Å². The Morgan fingerprint density at radius 2 is 1.88 bits per heavy atom. The molecule has 2 N–H and O–H groups in total. The van der Waals surface area contributed by atoms with Gasteiger partial charge in [0.25, 0.3) is 0 Å². The van der Waals surface area contributed by atoms with Crippen LogP contribution in [0.25, 0.3) is 0 Å². The zero-order chi connectivity index (χ0) is 18.7. The van der Waals surface area contributed by atoms with E-state index in [1.165, 1.54) is 11.1 Å². The molecular formula is C20H29N3O3. The predicted octanol–water partition coefficient (Wildman–Crippen LogP) is 2.12. The Morgan fingerprint density at radius 3 is 2.54 bits per heavy atom. The third-order valence-electron chi connectivity index (χ3n) is 5.89. The van der Waals surface area contributed by atoms with Crippen molar-refractivity contribution in [3.8, 4) is 0 Å². The number of nitrogens with one attached hydrogen (secondary N) is 1. The lowest BCUT2D eigenvalue weighted by Gasteiger charge is -2.43. The van der Waals surface area contributed by atoms with Crippen LogP contribution in [0.5, 0.6) is 0 Å². The zero-order valence-electron chi connectivity index (χ0n) is 15.6. The van der Waals surface area contributed by atoms with E-state index >= 15 is 0 Å². The molecule has 6 nitrogen and oxygen atoms in total. The van der Waals surface area contributed by atoms with Gasteiger partial charge in [0.05, 0.1) is 6.54 Å². The summed E-state index contributed by atoms with van der Waals surface area (Å²) in [7, 11) is 1.88. The summed E-state index contributed by atoms with van der Waals surface area (Å²) in [6.07, 6.45) is 4.58. The van der Waals surface area contributed by atoms with Crippen molar-refractivity contribution in [1.82, 2.24) is 15.1 Å². The molecule has 0 radical (unpaired) electrons. The molecule has 142 valence electrons. The van der Waals surface area contributed by atoms with Crippen molar-refractivity contribution in [1.29, 1.82) is 0 Å². The predicted molar refractivity (Wildman–Crippen MR) is 100 cm³/mol. The number of nitrogens with zero attached hydrogens (tertiary/aromatic N) is 2. The zero-order valence-corrected chi connectivity index (χ0v) is 15.6. The molecule has 0 bridgehead atoms. The van der Waals surface area contributed by atoms with Gasteiger partial charge in [-0.25, -0.2) is 4.79 Å². The lowest BCUT2D eigenvalue weighted by Crippen LogP contribution is -2.57. The van der Waals surface area contributed by atoms with E-state index < -0.39 is 5.97 Å². The molecule has 0 spiro atoms. The monoisotopic (exact) mass is 359 g/mol. The number of benzene rings is 1. The fraction of sp³-hybridized carbons (Fsp3) is 0.600. The van der Waals surface area contributed by atoms with Crippen LogP contribution in [0.15, 0.2) is 24.3 Å². The minimum Gasteiger partial charge on any atom is -0.480 e. The third kappa shape index (κ3) is 4.18. The van der Waals surface area contributed by atoms with Gasteiger partial charge in [0.1, 0.15) is 0 Å². The third-order valence-corrected chi connectivity index (χ3v) is 5.89. The normalized spacial score (nSPS) is 24.5. The minimum absolute atomic E-state index is 0.0147. The Hall–Kier alpha value is -2.08. The highest BCUT2D eigenvalue weighted by atomic mass is 16.4. The van der Waals surface area contributed by atoms with E-state index in [-0.39, 0.29) is 30.7 Å². The topological polar surface area (TPSA) is 72.9 Å². The molecule has 0 aromatic heterocycles. The first-order chi connectivity index (χ1) is 12.5. The van der Waals surface area contributed by atoms with Crippen molar-refractivity contribution in [3.63, 3.8) is 0 Å². The number of carboxylic acids is 1. The Kier molecular flexibility index (Phi) is 5.81. The molecule has 1 saturated carbocycles. The molecule has 3 rings (SSSR count).